The van der Waals surface area contributed by atoms with Crippen molar-refractivity contribution < 1.29 is 19.1 Å². The Balaban J connectivity index is 1.88. The van der Waals surface area contributed by atoms with Gasteiger partial charge in [-0.3, -0.25) is 14.5 Å². The highest BCUT2D eigenvalue weighted by Gasteiger charge is 2.26. The number of carboxylic acids is 1. The Morgan fingerprint density at radius 3 is 2.70 bits per heavy atom. The maximum absolute atomic E-state index is 13.0. The molecule has 20 heavy (non-hydrogen) atoms. The highest BCUT2D eigenvalue weighted by molar-refractivity contribution is 5.92. The molecule has 0 aromatic heterocycles. The molecule has 6 heteroatoms. The third-order valence-electron chi connectivity index (χ3n) is 3.05. The number of carboxylic acid groups (broad SMARTS) is 1. The number of benzene rings is 1. The Morgan fingerprint density at radius 2 is 2.10 bits per heavy atom. The van der Waals surface area contributed by atoms with Crippen LogP contribution in [-0.4, -0.2) is 41.5 Å². The lowest BCUT2D eigenvalue weighted by Gasteiger charge is -2.19. The van der Waals surface area contributed by atoms with Crippen LogP contribution >= 0.6 is 0 Å². The first kappa shape index (κ1) is 14.5. The van der Waals surface area contributed by atoms with Gasteiger partial charge in [0.15, 0.2) is 0 Å². The maximum atomic E-state index is 13.0. The molecular weight excluding hydrogens is 263 g/mol. The van der Waals surface area contributed by atoms with E-state index in [-0.39, 0.29) is 19.0 Å². The lowest BCUT2D eigenvalue weighted by Crippen LogP contribution is -2.38. The van der Waals surface area contributed by atoms with Crippen molar-refractivity contribution in [2.24, 2.45) is 5.92 Å². The summed E-state index contributed by atoms with van der Waals surface area (Å²) < 4.78 is 13.0. The first-order chi connectivity index (χ1) is 9.52. The fourth-order valence-electron chi connectivity index (χ4n) is 2.01. The zero-order valence-corrected chi connectivity index (χ0v) is 11.0. The number of carbonyl (C=O) groups is 2. The van der Waals surface area contributed by atoms with Gasteiger partial charge in [-0.05, 0) is 37.0 Å². The number of carbonyl (C=O) groups excluding carboxylic acids is 1. The number of hydrogen-bond donors (Lipinski definition) is 2. The van der Waals surface area contributed by atoms with E-state index in [2.05, 4.69) is 5.32 Å². The molecule has 0 heterocycles. The summed E-state index contributed by atoms with van der Waals surface area (Å²) in [5.74, 6) is -1.22. The van der Waals surface area contributed by atoms with E-state index in [0.29, 0.717) is 18.2 Å². The van der Waals surface area contributed by atoms with Gasteiger partial charge in [0.25, 0.3) is 0 Å². The van der Waals surface area contributed by atoms with Gasteiger partial charge < -0.3 is 10.4 Å². The van der Waals surface area contributed by atoms with Crippen LogP contribution in [0.15, 0.2) is 24.3 Å². The number of rotatable bonds is 7. The second kappa shape index (κ2) is 6.47. The molecule has 0 bridgehead atoms. The third-order valence-corrected chi connectivity index (χ3v) is 3.05. The van der Waals surface area contributed by atoms with Crippen molar-refractivity contribution in [1.82, 2.24) is 4.90 Å². The summed E-state index contributed by atoms with van der Waals surface area (Å²) >= 11 is 0. The average Bonchev–Trinajstić information content (AvgIpc) is 3.11. The number of halogens is 1. The number of aliphatic carboxylic acids is 1. The van der Waals surface area contributed by atoms with Gasteiger partial charge >= 0.3 is 5.97 Å². The molecule has 1 aromatic rings. The first-order valence-electron chi connectivity index (χ1n) is 6.52. The molecule has 1 aliphatic rings. The maximum Gasteiger partial charge on any atom is 0.317 e. The molecule has 108 valence electrons. The van der Waals surface area contributed by atoms with Gasteiger partial charge in [0.1, 0.15) is 5.82 Å². The molecule has 1 saturated carbocycles. The van der Waals surface area contributed by atoms with Gasteiger partial charge in [-0.25, -0.2) is 4.39 Å². The van der Waals surface area contributed by atoms with Crippen LogP contribution in [0, 0.1) is 11.7 Å². The molecule has 5 nitrogen and oxygen atoms in total. The second-order valence-electron chi connectivity index (χ2n) is 5.07. The van der Waals surface area contributed by atoms with Crippen molar-refractivity contribution >= 4 is 17.6 Å². The van der Waals surface area contributed by atoms with Crippen LogP contribution < -0.4 is 5.32 Å². The summed E-state index contributed by atoms with van der Waals surface area (Å²) in [6.07, 6.45) is 2.17. The molecule has 0 unspecified atom stereocenters. The number of nitrogens with one attached hydrogen (secondary N) is 1. The van der Waals surface area contributed by atoms with Crippen molar-refractivity contribution in [3.63, 3.8) is 0 Å². The van der Waals surface area contributed by atoms with Crippen LogP contribution in [-0.2, 0) is 9.59 Å². The summed E-state index contributed by atoms with van der Waals surface area (Å²) in [6, 6.07) is 5.60. The average molecular weight is 280 g/mol. The Hall–Kier alpha value is -1.95. The van der Waals surface area contributed by atoms with Crippen molar-refractivity contribution in [2.45, 2.75) is 12.8 Å². The van der Waals surface area contributed by atoms with Gasteiger partial charge in [0, 0.05) is 12.2 Å². The van der Waals surface area contributed by atoms with Crippen LogP contribution in [0.4, 0.5) is 10.1 Å². The summed E-state index contributed by atoms with van der Waals surface area (Å²) in [7, 11) is 0. The van der Waals surface area contributed by atoms with Crippen LogP contribution in [0.25, 0.3) is 0 Å². The zero-order chi connectivity index (χ0) is 14.5. The topological polar surface area (TPSA) is 69.6 Å². The minimum absolute atomic E-state index is 0.000681. The molecule has 2 rings (SSSR count). The van der Waals surface area contributed by atoms with Crippen LogP contribution in [0.1, 0.15) is 12.8 Å². The Morgan fingerprint density at radius 1 is 1.35 bits per heavy atom. The van der Waals surface area contributed by atoms with E-state index in [9.17, 15) is 14.0 Å². The summed E-state index contributed by atoms with van der Waals surface area (Å²) in [5.41, 5.74) is 0.372. The molecule has 1 aromatic carbocycles. The predicted octanol–water partition coefficient (Wildman–Crippen LogP) is 1.56. The number of hydrogen-bond acceptors (Lipinski definition) is 3. The highest BCUT2D eigenvalue weighted by atomic mass is 19.1. The van der Waals surface area contributed by atoms with E-state index < -0.39 is 11.8 Å². The Bertz CT molecular complexity index is 503. The third kappa shape index (κ3) is 4.97. The van der Waals surface area contributed by atoms with E-state index in [1.165, 1.54) is 18.2 Å². The quantitative estimate of drug-likeness (QED) is 0.795. The van der Waals surface area contributed by atoms with E-state index in [1.54, 1.807) is 11.0 Å². The largest absolute Gasteiger partial charge is 0.480 e. The minimum atomic E-state index is -0.954. The fraction of sp³-hybridized carbons (Fsp3) is 0.429. The Labute approximate surface area is 116 Å². The monoisotopic (exact) mass is 280 g/mol. The van der Waals surface area contributed by atoms with Gasteiger partial charge in [0.05, 0.1) is 13.1 Å². The van der Waals surface area contributed by atoms with Crippen molar-refractivity contribution in [1.29, 1.82) is 0 Å². The standard InChI is InChI=1S/C14H17FN2O3/c15-11-2-1-3-12(6-11)16-13(18)8-17(9-14(19)20)7-10-4-5-10/h1-3,6,10H,4-5,7-9H2,(H,16,18)(H,19,20). The molecule has 0 aliphatic heterocycles. The summed E-state index contributed by atoms with van der Waals surface area (Å²) in [4.78, 5) is 24.2. The normalized spacial score (nSPS) is 14.3. The predicted molar refractivity (Wildman–Crippen MR) is 71.8 cm³/mol. The first-order valence-corrected chi connectivity index (χ1v) is 6.52. The van der Waals surface area contributed by atoms with Gasteiger partial charge in [0.2, 0.25) is 5.91 Å². The smallest absolute Gasteiger partial charge is 0.317 e. The second-order valence-corrected chi connectivity index (χ2v) is 5.07. The SMILES string of the molecule is O=C(O)CN(CC(=O)Nc1cccc(F)c1)CC1CC1. The lowest BCUT2D eigenvalue weighted by molar-refractivity contribution is -0.138. The van der Waals surface area contributed by atoms with E-state index in [1.807, 2.05) is 0 Å². The molecule has 0 saturated heterocycles. The van der Waals surface area contributed by atoms with Crippen molar-refractivity contribution in [3.05, 3.63) is 30.1 Å². The van der Waals surface area contributed by atoms with Gasteiger partial charge in [-0.1, -0.05) is 6.07 Å². The zero-order valence-electron chi connectivity index (χ0n) is 11.0. The van der Waals surface area contributed by atoms with Gasteiger partial charge in [-0.2, -0.15) is 0 Å². The molecular formula is C14H17FN2O3. The molecule has 1 aliphatic carbocycles. The number of nitrogens with zero attached hydrogens (tertiary/aromatic N) is 1. The van der Waals surface area contributed by atoms with Crippen LogP contribution in [0.2, 0.25) is 0 Å². The number of anilines is 1. The van der Waals surface area contributed by atoms with E-state index in [0.717, 1.165) is 12.8 Å². The summed E-state index contributed by atoms with van der Waals surface area (Å²) in [6.45, 7) is 0.454. The Kier molecular flexibility index (Phi) is 4.68. The minimum Gasteiger partial charge on any atom is -0.480 e. The molecule has 1 amide bonds. The molecule has 0 radical (unpaired) electrons. The lowest BCUT2D eigenvalue weighted by atomic mass is 10.3. The molecule has 0 atom stereocenters. The number of amides is 1. The van der Waals surface area contributed by atoms with E-state index in [4.69, 9.17) is 5.11 Å². The van der Waals surface area contributed by atoms with Crippen LogP contribution in [0.3, 0.4) is 0 Å². The molecule has 2 N–H and O–H groups in total. The van der Waals surface area contributed by atoms with Crippen molar-refractivity contribution in [3.8, 4) is 0 Å². The summed E-state index contributed by atoms with van der Waals surface area (Å²) in [5, 5.41) is 11.4. The van der Waals surface area contributed by atoms with E-state index >= 15 is 0 Å². The fourth-order valence-corrected chi connectivity index (χ4v) is 2.01. The molecule has 0 spiro atoms. The van der Waals surface area contributed by atoms with Crippen LogP contribution in [0.5, 0.6) is 0 Å². The highest BCUT2D eigenvalue weighted by Crippen LogP contribution is 2.29. The van der Waals surface area contributed by atoms with Crippen molar-refractivity contribution in [2.75, 3.05) is 25.0 Å². The van der Waals surface area contributed by atoms with Gasteiger partial charge in [-0.15, -0.1) is 0 Å². The molecule has 1 fully saturated rings.